The van der Waals surface area contributed by atoms with E-state index in [2.05, 4.69) is 15.1 Å². The standard InChI is InChI=1S/C19H20FN5O2/c20-12-4-5-14-15(9-12)22-18(21-14)16-10-13-11-24(6-7-25(13)23-16)19(26)17-3-1-2-8-27-17/h4-5,9-10,17H,1-3,6-8,11H2,(H,21,22). The average Bonchev–Trinajstić information content (AvgIpc) is 3.30. The first-order valence-electron chi connectivity index (χ1n) is 9.30. The van der Waals surface area contributed by atoms with Crippen molar-refractivity contribution in [2.75, 3.05) is 13.2 Å². The number of nitrogens with one attached hydrogen (secondary N) is 1. The Bertz CT molecular complexity index is 1000. The fourth-order valence-corrected chi connectivity index (χ4v) is 3.81. The summed E-state index contributed by atoms with van der Waals surface area (Å²) in [4.78, 5) is 22.2. The maximum absolute atomic E-state index is 13.4. The number of carbonyl (C=O) groups excluding carboxylic acids is 1. The van der Waals surface area contributed by atoms with Crippen LogP contribution in [0.5, 0.6) is 0 Å². The van der Waals surface area contributed by atoms with E-state index in [1.165, 1.54) is 12.1 Å². The molecule has 1 atom stereocenters. The number of benzene rings is 1. The largest absolute Gasteiger partial charge is 0.368 e. The van der Waals surface area contributed by atoms with E-state index in [1.54, 1.807) is 6.07 Å². The molecule has 0 spiro atoms. The first-order chi connectivity index (χ1) is 13.2. The minimum absolute atomic E-state index is 0.0721. The Morgan fingerprint density at radius 3 is 3.04 bits per heavy atom. The summed E-state index contributed by atoms with van der Waals surface area (Å²) in [6.45, 7) is 2.44. The third-order valence-corrected chi connectivity index (χ3v) is 5.25. The van der Waals surface area contributed by atoms with Crippen LogP contribution < -0.4 is 0 Å². The van der Waals surface area contributed by atoms with Gasteiger partial charge in [-0.2, -0.15) is 5.10 Å². The van der Waals surface area contributed by atoms with Crippen LogP contribution in [0, 0.1) is 5.82 Å². The molecule has 2 aliphatic rings. The monoisotopic (exact) mass is 369 g/mol. The highest BCUT2D eigenvalue weighted by atomic mass is 19.1. The van der Waals surface area contributed by atoms with E-state index in [9.17, 15) is 9.18 Å². The lowest BCUT2D eigenvalue weighted by Crippen LogP contribution is -2.45. The number of hydrogen-bond acceptors (Lipinski definition) is 4. The normalized spacial score (nSPS) is 20.0. The molecule has 8 heteroatoms. The van der Waals surface area contributed by atoms with Crippen LogP contribution in [0.3, 0.4) is 0 Å². The van der Waals surface area contributed by atoms with Gasteiger partial charge in [-0.25, -0.2) is 9.37 Å². The van der Waals surface area contributed by atoms with Gasteiger partial charge in [-0.1, -0.05) is 0 Å². The smallest absolute Gasteiger partial charge is 0.252 e. The molecule has 2 aliphatic heterocycles. The van der Waals surface area contributed by atoms with Gasteiger partial charge in [0.15, 0.2) is 5.82 Å². The summed E-state index contributed by atoms with van der Waals surface area (Å²) in [7, 11) is 0. The summed E-state index contributed by atoms with van der Waals surface area (Å²) in [5, 5.41) is 4.60. The summed E-state index contributed by atoms with van der Waals surface area (Å²) in [5.41, 5.74) is 3.00. The molecule has 27 heavy (non-hydrogen) atoms. The number of H-pyrrole nitrogens is 1. The number of amides is 1. The summed E-state index contributed by atoms with van der Waals surface area (Å²) in [6.07, 6.45) is 2.56. The Morgan fingerprint density at radius 1 is 1.26 bits per heavy atom. The van der Waals surface area contributed by atoms with E-state index >= 15 is 0 Å². The van der Waals surface area contributed by atoms with Crippen molar-refractivity contribution < 1.29 is 13.9 Å². The van der Waals surface area contributed by atoms with Crippen molar-refractivity contribution in [3.8, 4) is 11.5 Å². The van der Waals surface area contributed by atoms with Crippen LogP contribution in [0.1, 0.15) is 25.0 Å². The second kappa shape index (κ2) is 6.45. The van der Waals surface area contributed by atoms with Crippen LogP contribution in [-0.2, 0) is 22.6 Å². The number of nitrogens with zero attached hydrogens (tertiary/aromatic N) is 4. The number of hydrogen-bond donors (Lipinski definition) is 1. The minimum Gasteiger partial charge on any atom is -0.368 e. The predicted molar refractivity (Wildman–Crippen MR) is 96.3 cm³/mol. The Balaban J connectivity index is 1.38. The number of aromatic amines is 1. The molecule has 2 aromatic heterocycles. The molecule has 3 aromatic rings. The van der Waals surface area contributed by atoms with Crippen molar-refractivity contribution in [3.05, 3.63) is 35.8 Å². The summed E-state index contributed by atoms with van der Waals surface area (Å²) in [6, 6.07) is 6.40. The van der Waals surface area contributed by atoms with E-state index < -0.39 is 0 Å². The van der Waals surface area contributed by atoms with Crippen molar-refractivity contribution >= 4 is 16.9 Å². The minimum atomic E-state index is -0.307. The third kappa shape index (κ3) is 2.99. The number of fused-ring (bicyclic) bond motifs is 2. The van der Waals surface area contributed by atoms with E-state index in [0.29, 0.717) is 48.8 Å². The van der Waals surface area contributed by atoms with E-state index in [1.807, 2.05) is 15.6 Å². The molecule has 1 fully saturated rings. The zero-order valence-electron chi connectivity index (χ0n) is 14.8. The van der Waals surface area contributed by atoms with Gasteiger partial charge in [-0.05, 0) is 43.5 Å². The molecule has 1 aromatic carbocycles. The number of carbonyl (C=O) groups is 1. The van der Waals surface area contributed by atoms with Gasteiger partial charge in [-0.15, -0.1) is 0 Å². The summed E-state index contributed by atoms with van der Waals surface area (Å²) < 4.78 is 20.9. The molecule has 1 N–H and O–H groups in total. The molecule has 140 valence electrons. The molecule has 1 unspecified atom stereocenters. The summed E-state index contributed by atoms with van der Waals surface area (Å²) >= 11 is 0. The maximum Gasteiger partial charge on any atom is 0.252 e. The number of ether oxygens (including phenoxy) is 1. The first-order valence-corrected chi connectivity index (χ1v) is 9.30. The lowest BCUT2D eigenvalue weighted by molar-refractivity contribution is -0.148. The Morgan fingerprint density at radius 2 is 2.19 bits per heavy atom. The first kappa shape index (κ1) is 16.4. The Kier molecular flexibility index (Phi) is 3.93. The molecule has 0 radical (unpaired) electrons. The fourth-order valence-electron chi connectivity index (χ4n) is 3.81. The zero-order valence-corrected chi connectivity index (χ0v) is 14.8. The summed E-state index contributed by atoms with van der Waals surface area (Å²) in [5.74, 6) is 0.370. The van der Waals surface area contributed by atoms with E-state index in [4.69, 9.17) is 4.74 Å². The van der Waals surface area contributed by atoms with E-state index in [-0.39, 0.29) is 17.8 Å². The fraction of sp³-hybridized carbons (Fsp3) is 0.421. The average molecular weight is 369 g/mol. The molecule has 1 amide bonds. The Labute approximate surface area is 155 Å². The highest BCUT2D eigenvalue weighted by Crippen LogP contribution is 2.24. The molecule has 0 saturated carbocycles. The second-order valence-electron chi connectivity index (χ2n) is 7.11. The highest BCUT2D eigenvalue weighted by molar-refractivity contribution is 5.81. The molecular weight excluding hydrogens is 349 g/mol. The van der Waals surface area contributed by atoms with Crippen molar-refractivity contribution in [1.29, 1.82) is 0 Å². The van der Waals surface area contributed by atoms with Gasteiger partial charge in [0, 0.05) is 13.2 Å². The molecule has 0 bridgehead atoms. The number of aromatic nitrogens is 4. The van der Waals surface area contributed by atoms with Gasteiger partial charge < -0.3 is 14.6 Å². The van der Waals surface area contributed by atoms with Gasteiger partial charge >= 0.3 is 0 Å². The lowest BCUT2D eigenvalue weighted by Gasteiger charge is -2.32. The quantitative estimate of drug-likeness (QED) is 0.753. The van der Waals surface area contributed by atoms with E-state index in [0.717, 1.165) is 25.0 Å². The van der Waals surface area contributed by atoms with Gasteiger partial charge in [0.05, 0.1) is 29.8 Å². The predicted octanol–water partition coefficient (Wildman–Crippen LogP) is 2.48. The molecule has 4 heterocycles. The van der Waals surface area contributed by atoms with Crippen molar-refractivity contribution in [2.24, 2.45) is 0 Å². The number of imidazole rings is 1. The SMILES string of the molecule is O=C(C1CCCCO1)N1CCn2nc(-c3nc4ccc(F)cc4[nH]3)cc2C1. The van der Waals surface area contributed by atoms with Crippen molar-refractivity contribution in [1.82, 2.24) is 24.6 Å². The number of halogens is 1. The van der Waals surface area contributed by atoms with Gasteiger partial charge in [0.1, 0.15) is 17.6 Å². The van der Waals surface area contributed by atoms with Gasteiger partial charge in [0.25, 0.3) is 5.91 Å². The van der Waals surface area contributed by atoms with Crippen LogP contribution in [0.4, 0.5) is 4.39 Å². The highest BCUT2D eigenvalue weighted by Gasteiger charge is 2.30. The number of rotatable bonds is 2. The zero-order chi connectivity index (χ0) is 18.4. The molecular formula is C19H20FN5O2. The van der Waals surface area contributed by atoms with Crippen LogP contribution in [0.2, 0.25) is 0 Å². The topological polar surface area (TPSA) is 76.0 Å². The molecule has 7 nitrogen and oxygen atoms in total. The van der Waals surface area contributed by atoms with Gasteiger partial charge in [-0.3, -0.25) is 9.48 Å². The molecule has 1 saturated heterocycles. The molecule has 0 aliphatic carbocycles. The Hall–Kier alpha value is -2.74. The van der Waals surface area contributed by atoms with Crippen LogP contribution in [0.15, 0.2) is 24.3 Å². The second-order valence-corrected chi connectivity index (χ2v) is 7.11. The van der Waals surface area contributed by atoms with Crippen molar-refractivity contribution in [3.63, 3.8) is 0 Å². The van der Waals surface area contributed by atoms with Gasteiger partial charge in [0.2, 0.25) is 0 Å². The lowest BCUT2D eigenvalue weighted by atomic mass is 10.1. The maximum atomic E-state index is 13.4. The van der Waals surface area contributed by atoms with Crippen LogP contribution in [0.25, 0.3) is 22.6 Å². The third-order valence-electron chi connectivity index (χ3n) is 5.25. The molecule has 5 rings (SSSR count). The van der Waals surface area contributed by atoms with Crippen LogP contribution in [-0.4, -0.2) is 49.8 Å². The van der Waals surface area contributed by atoms with Crippen molar-refractivity contribution in [2.45, 2.75) is 38.5 Å². The van der Waals surface area contributed by atoms with Crippen LogP contribution >= 0.6 is 0 Å².